The molecular weight excluding hydrogens is 216 g/mol. The third kappa shape index (κ3) is 6.23. The van der Waals surface area contributed by atoms with Crippen LogP contribution in [0.15, 0.2) is 18.5 Å². The van der Waals surface area contributed by atoms with E-state index in [1.54, 1.807) is 0 Å². The first-order valence-corrected chi connectivity index (χ1v) is 7.53. The van der Waals surface area contributed by atoms with Crippen molar-refractivity contribution in [2.24, 2.45) is 7.05 Å². The maximum atomic E-state index is 3.49. The van der Waals surface area contributed by atoms with Gasteiger partial charge < -0.3 is 9.88 Å². The Bertz CT molecular complexity index is 271. The van der Waals surface area contributed by atoms with E-state index in [0.29, 0.717) is 0 Å². The minimum absolute atomic E-state index is 1.01. The standard InChI is InChI=1S/C13H24N2S/c1-15-9-7-13(12-15)11-14-8-5-3-4-6-10-16-2/h7,9,12,14H,3-6,8,10-11H2,1-2H3. The molecule has 0 saturated heterocycles. The molecule has 16 heavy (non-hydrogen) atoms. The van der Waals surface area contributed by atoms with Gasteiger partial charge in [0.15, 0.2) is 0 Å². The molecule has 0 aliphatic rings. The number of nitrogens with one attached hydrogen (secondary N) is 1. The fraction of sp³-hybridized carbons (Fsp3) is 0.692. The van der Waals surface area contributed by atoms with Gasteiger partial charge in [0.2, 0.25) is 0 Å². The molecule has 92 valence electrons. The number of aromatic nitrogens is 1. The summed E-state index contributed by atoms with van der Waals surface area (Å²) < 4.78 is 2.10. The van der Waals surface area contributed by atoms with Crippen LogP contribution in [-0.2, 0) is 13.6 Å². The predicted octanol–water partition coefficient (Wildman–Crippen LogP) is 3.04. The molecule has 0 aromatic carbocycles. The van der Waals surface area contributed by atoms with E-state index < -0.39 is 0 Å². The van der Waals surface area contributed by atoms with Crippen LogP contribution in [0.1, 0.15) is 31.2 Å². The second kappa shape index (κ2) is 8.71. The minimum Gasteiger partial charge on any atom is -0.357 e. The summed E-state index contributed by atoms with van der Waals surface area (Å²) in [6.45, 7) is 2.15. The molecule has 0 spiro atoms. The normalized spacial score (nSPS) is 10.9. The molecule has 0 amide bonds. The van der Waals surface area contributed by atoms with Crippen LogP contribution in [0.5, 0.6) is 0 Å². The Morgan fingerprint density at radius 3 is 2.75 bits per heavy atom. The average Bonchev–Trinajstić information content (AvgIpc) is 2.68. The summed E-state index contributed by atoms with van der Waals surface area (Å²) in [7, 11) is 2.06. The highest BCUT2D eigenvalue weighted by molar-refractivity contribution is 7.98. The smallest absolute Gasteiger partial charge is 0.0220 e. The average molecular weight is 240 g/mol. The van der Waals surface area contributed by atoms with Crippen LogP contribution in [-0.4, -0.2) is 23.1 Å². The third-order valence-electron chi connectivity index (χ3n) is 2.67. The molecule has 0 radical (unpaired) electrons. The van der Waals surface area contributed by atoms with Gasteiger partial charge in [-0.3, -0.25) is 0 Å². The highest BCUT2D eigenvalue weighted by Crippen LogP contribution is 2.04. The first kappa shape index (κ1) is 13.7. The number of thioether (sulfide) groups is 1. The molecule has 2 nitrogen and oxygen atoms in total. The molecule has 0 atom stereocenters. The fourth-order valence-corrected chi connectivity index (χ4v) is 2.24. The van der Waals surface area contributed by atoms with E-state index in [1.807, 2.05) is 11.8 Å². The Morgan fingerprint density at radius 2 is 2.06 bits per heavy atom. The molecule has 1 aromatic rings. The lowest BCUT2D eigenvalue weighted by Gasteiger charge is -2.03. The number of nitrogens with zero attached hydrogens (tertiary/aromatic N) is 1. The monoisotopic (exact) mass is 240 g/mol. The van der Waals surface area contributed by atoms with E-state index in [9.17, 15) is 0 Å². The summed E-state index contributed by atoms with van der Waals surface area (Å²) >= 11 is 1.95. The molecule has 1 N–H and O–H groups in total. The van der Waals surface area contributed by atoms with Crippen molar-refractivity contribution in [2.45, 2.75) is 32.2 Å². The topological polar surface area (TPSA) is 17.0 Å². The number of hydrogen-bond donors (Lipinski definition) is 1. The van der Waals surface area contributed by atoms with E-state index in [1.165, 1.54) is 37.0 Å². The highest BCUT2D eigenvalue weighted by atomic mass is 32.2. The van der Waals surface area contributed by atoms with Crippen molar-refractivity contribution in [3.05, 3.63) is 24.0 Å². The third-order valence-corrected chi connectivity index (χ3v) is 3.37. The van der Waals surface area contributed by atoms with Crippen molar-refractivity contribution in [3.63, 3.8) is 0 Å². The van der Waals surface area contributed by atoms with E-state index in [-0.39, 0.29) is 0 Å². The van der Waals surface area contributed by atoms with Crippen molar-refractivity contribution in [2.75, 3.05) is 18.6 Å². The second-order valence-corrected chi connectivity index (χ2v) is 5.25. The Morgan fingerprint density at radius 1 is 1.25 bits per heavy atom. The summed E-state index contributed by atoms with van der Waals surface area (Å²) in [5.41, 5.74) is 1.38. The van der Waals surface area contributed by atoms with Gasteiger partial charge in [-0.05, 0) is 43.0 Å². The van der Waals surface area contributed by atoms with Crippen LogP contribution in [0.4, 0.5) is 0 Å². The maximum Gasteiger partial charge on any atom is 0.0220 e. The minimum atomic E-state index is 1.01. The number of hydrogen-bond acceptors (Lipinski definition) is 2. The SMILES string of the molecule is CSCCCCCCNCc1ccn(C)c1. The molecule has 0 aliphatic heterocycles. The molecule has 1 heterocycles. The van der Waals surface area contributed by atoms with Gasteiger partial charge in [-0.2, -0.15) is 11.8 Å². The Labute approximate surface area is 104 Å². The van der Waals surface area contributed by atoms with Gasteiger partial charge in [0, 0.05) is 26.0 Å². The van der Waals surface area contributed by atoms with Crippen LogP contribution in [0.2, 0.25) is 0 Å². The lowest BCUT2D eigenvalue weighted by Crippen LogP contribution is -2.14. The molecule has 1 aromatic heterocycles. The molecule has 0 bridgehead atoms. The molecule has 3 heteroatoms. The number of aryl methyl sites for hydroxylation is 1. The van der Waals surface area contributed by atoms with Gasteiger partial charge in [-0.1, -0.05) is 12.8 Å². The summed E-state index contributed by atoms with van der Waals surface area (Å²) in [6.07, 6.45) is 11.9. The van der Waals surface area contributed by atoms with Crippen LogP contribution < -0.4 is 5.32 Å². The van der Waals surface area contributed by atoms with Gasteiger partial charge in [0.1, 0.15) is 0 Å². The Kier molecular flexibility index (Phi) is 7.43. The van der Waals surface area contributed by atoms with Gasteiger partial charge >= 0.3 is 0 Å². The van der Waals surface area contributed by atoms with Crippen LogP contribution in [0, 0.1) is 0 Å². The molecule has 0 unspecified atom stereocenters. The first-order chi connectivity index (χ1) is 7.83. The van der Waals surface area contributed by atoms with Crippen LogP contribution in [0.25, 0.3) is 0 Å². The van der Waals surface area contributed by atoms with Crippen molar-refractivity contribution in [3.8, 4) is 0 Å². The maximum absolute atomic E-state index is 3.49. The van der Waals surface area contributed by atoms with E-state index in [0.717, 1.165) is 13.1 Å². The number of unbranched alkanes of at least 4 members (excludes halogenated alkanes) is 3. The zero-order chi connectivity index (χ0) is 11.6. The largest absolute Gasteiger partial charge is 0.357 e. The quantitative estimate of drug-likeness (QED) is 0.668. The number of rotatable bonds is 9. The summed E-state index contributed by atoms with van der Waals surface area (Å²) in [5.74, 6) is 1.32. The fourth-order valence-electron chi connectivity index (χ4n) is 1.75. The zero-order valence-electron chi connectivity index (χ0n) is 10.5. The van der Waals surface area contributed by atoms with Gasteiger partial charge in [0.05, 0.1) is 0 Å². The lowest BCUT2D eigenvalue weighted by atomic mass is 10.2. The molecule has 0 fully saturated rings. The lowest BCUT2D eigenvalue weighted by molar-refractivity contribution is 0.599. The van der Waals surface area contributed by atoms with Gasteiger partial charge in [-0.25, -0.2) is 0 Å². The summed E-state index contributed by atoms with van der Waals surface area (Å²) in [5, 5.41) is 3.49. The van der Waals surface area contributed by atoms with E-state index in [2.05, 4.69) is 41.6 Å². The Balaban J connectivity index is 1.88. The van der Waals surface area contributed by atoms with E-state index in [4.69, 9.17) is 0 Å². The molecule has 1 rings (SSSR count). The second-order valence-electron chi connectivity index (χ2n) is 4.27. The van der Waals surface area contributed by atoms with Gasteiger partial charge in [-0.15, -0.1) is 0 Å². The molecule has 0 aliphatic carbocycles. The van der Waals surface area contributed by atoms with Crippen molar-refractivity contribution < 1.29 is 0 Å². The van der Waals surface area contributed by atoms with Crippen LogP contribution in [0.3, 0.4) is 0 Å². The summed E-state index contributed by atoms with van der Waals surface area (Å²) in [6, 6.07) is 2.17. The van der Waals surface area contributed by atoms with Crippen molar-refractivity contribution >= 4 is 11.8 Å². The summed E-state index contributed by atoms with van der Waals surface area (Å²) in [4.78, 5) is 0. The zero-order valence-corrected chi connectivity index (χ0v) is 11.4. The first-order valence-electron chi connectivity index (χ1n) is 6.13. The van der Waals surface area contributed by atoms with Crippen molar-refractivity contribution in [1.29, 1.82) is 0 Å². The molecular formula is C13H24N2S. The van der Waals surface area contributed by atoms with Crippen molar-refractivity contribution in [1.82, 2.24) is 9.88 Å². The van der Waals surface area contributed by atoms with Crippen LogP contribution >= 0.6 is 11.8 Å². The highest BCUT2D eigenvalue weighted by Gasteiger charge is 1.94. The molecule has 0 saturated carbocycles. The van der Waals surface area contributed by atoms with Gasteiger partial charge in [0.25, 0.3) is 0 Å². The van der Waals surface area contributed by atoms with E-state index >= 15 is 0 Å². The predicted molar refractivity (Wildman–Crippen MR) is 74.0 cm³/mol. The Hall–Kier alpha value is -0.410.